The van der Waals surface area contributed by atoms with Crippen molar-refractivity contribution >= 4 is 28.7 Å². The molecule has 0 fully saturated rings. The van der Waals surface area contributed by atoms with E-state index in [-0.39, 0.29) is 29.3 Å². The number of aliphatic hydroxyl groups excluding tert-OH is 1. The number of aliphatic hydroxyl groups is 1. The second kappa shape index (κ2) is 6.00. The standard InChI is InChI=1S/C16H13FN2O3S/c1-8(20)6-13-19-11-4-3-10(15(22)16(11)23-13)14(21)9-2-5-12(17)18-7-9/h2,5,7,21H,3-4,6H2,1H3. The van der Waals surface area contributed by atoms with Gasteiger partial charge in [-0.2, -0.15) is 4.39 Å². The molecule has 23 heavy (non-hydrogen) atoms. The van der Waals surface area contributed by atoms with Crippen LogP contribution in [0.4, 0.5) is 4.39 Å². The third-order valence-corrected chi connectivity index (χ3v) is 4.62. The number of aryl methyl sites for hydroxylation is 1. The number of allylic oxidation sites excluding steroid dienone is 1. The Morgan fingerprint density at radius 3 is 2.83 bits per heavy atom. The molecule has 1 N–H and O–H groups in total. The Morgan fingerprint density at radius 2 is 2.17 bits per heavy atom. The van der Waals surface area contributed by atoms with Gasteiger partial charge in [-0.25, -0.2) is 9.97 Å². The Morgan fingerprint density at radius 1 is 1.39 bits per heavy atom. The van der Waals surface area contributed by atoms with Crippen LogP contribution < -0.4 is 0 Å². The molecular formula is C16H13FN2O3S. The molecular weight excluding hydrogens is 319 g/mol. The normalized spacial score (nSPS) is 16.2. The van der Waals surface area contributed by atoms with Gasteiger partial charge < -0.3 is 5.11 Å². The van der Waals surface area contributed by atoms with E-state index < -0.39 is 5.95 Å². The molecule has 0 bridgehead atoms. The van der Waals surface area contributed by atoms with Crippen LogP contribution in [-0.4, -0.2) is 26.6 Å². The van der Waals surface area contributed by atoms with Crippen LogP contribution in [0.2, 0.25) is 0 Å². The summed E-state index contributed by atoms with van der Waals surface area (Å²) in [5.41, 5.74) is 1.24. The van der Waals surface area contributed by atoms with Crippen molar-refractivity contribution in [1.29, 1.82) is 0 Å². The third kappa shape index (κ3) is 3.05. The first-order chi connectivity index (χ1) is 11.0. The molecule has 0 radical (unpaired) electrons. The number of thiazole rings is 1. The van der Waals surface area contributed by atoms with Crippen molar-refractivity contribution in [2.75, 3.05) is 0 Å². The summed E-state index contributed by atoms with van der Waals surface area (Å²) in [6.07, 6.45) is 2.26. The van der Waals surface area contributed by atoms with Crippen LogP contribution in [-0.2, 0) is 17.6 Å². The molecule has 0 aromatic carbocycles. The lowest BCUT2D eigenvalue weighted by Crippen LogP contribution is -2.14. The number of ketones is 2. The van der Waals surface area contributed by atoms with Gasteiger partial charge >= 0.3 is 0 Å². The number of halogens is 1. The fourth-order valence-electron chi connectivity index (χ4n) is 2.45. The van der Waals surface area contributed by atoms with E-state index in [9.17, 15) is 19.1 Å². The van der Waals surface area contributed by atoms with E-state index in [1.165, 1.54) is 30.5 Å². The molecule has 0 aliphatic heterocycles. The molecule has 118 valence electrons. The maximum absolute atomic E-state index is 12.9. The van der Waals surface area contributed by atoms with Gasteiger partial charge in [0.05, 0.1) is 17.0 Å². The Kier molecular flexibility index (Phi) is 4.04. The summed E-state index contributed by atoms with van der Waals surface area (Å²) in [6, 6.07) is 2.50. The second-order valence-electron chi connectivity index (χ2n) is 5.29. The smallest absolute Gasteiger partial charge is 0.212 e. The molecule has 2 aromatic heterocycles. The summed E-state index contributed by atoms with van der Waals surface area (Å²) < 4.78 is 12.9. The van der Waals surface area contributed by atoms with Crippen LogP contribution in [0.5, 0.6) is 0 Å². The van der Waals surface area contributed by atoms with Crippen LogP contribution in [0.1, 0.15) is 39.3 Å². The van der Waals surface area contributed by atoms with Crippen LogP contribution >= 0.6 is 11.3 Å². The average molecular weight is 332 g/mol. The van der Waals surface area contributed by atoms with Crippen LogP contribution in [0.3, 0.4) is 0 Å². The Balaban J connectivity index is 1.96. The molecule has 0 saturated heterocycles. The lowest BCUT2D eigenvalue weighted by Gasteiger charge is -2.14. The summed E-state index contributed by atoms with van der Waals surface area (Å²) in [5.74, 6) is -1.14. The van der Waals surface area contributed by atoms with Crippen molar-refractivity contribution in [2.24, 2.45) is 0 Å². The van der Waals surface area contributed by atoms with Gasteiger partial charge in [0.25, 0.3) is 0 Å². The maximum atomic E-state index is 12.9. The molecule has 1 aliphatic carbocycles. The highest BCUT2D eigenvalue weighted by Gasteiger charge is 2.29. The van der Waals surface area contributed by atoms with E-state index in [2.05, 4.69) is 9.97 Å². The minimum Gasteiger partial charge on any atom is -0.507 e. The predicted octanol–water partition coefficient (Wildman–Crippen LogP) is 2.91. The number of nitrogens with zero attached hydrogens (tertiary/aromatic N) is 2. The number of carbonyl (C=O) groups is 2. The fourth-order valence-corrected chi connectivity index (χ4v) is 3.59. The van der Waals surface area contributed by atoms with Gasteiger partial charge in [-0.05, 0) is 31.9 Å². The SMILES string of the molecule is CC(=O)Cc1nc2c(s1)C(=O)C(=C(O)c1ccc(F)nc1)CC2. The van der Waals surface area contributed by atoms with E-state index in [4.69, 9.17) is 0 Å². The first kappa shape index (κ1) is 15.5. The van der Waals surface area contributed by atoms with Crippen molar-refractivity contribution in [3.05, 3.63) is 51.0 Å². The first-order valence-corrected chi connectivity index (χ1v) is 7.84. The number of hydrogen-bond acceptors (Lipinski definition) is 6. The first-order valence-electron chi connectivity index (χ1n) is 7.02. The number of hydrogen-bond donors (Lipinski definition) is 1. The summed E-state index contributed by atoms with van der Waals surface area (Å²) in [7, 11) is 0. The lowest BCUT2D eigenvalue weighted by molar-refractivity contribution is -0.116. The van der Waals surface area contributed by atoms with Crippen molar-refractivity contribution in [2.45, 2.75) is 26.2 Å². The molecule has 0 amide bonds. The maximum Gasteiger partial charge on any atom is 0.212 e. The molecule has 0 atom stereocenters. The summed E-state index contributed by atoms with van der Waals surface area (Å²) in [4.78, 5) is 32.0. The van der Waals surface area contributed by atoms with E-state index >= 15 is 0 Å². The number of rotatable bonds is 3. The highest BCUT2D eigenvalue weighted by Crippen LogP contribution is 2.33. The zero-order valence-corrected chi connectivity index (χ0v) is 13.1. The van der Waals surface area contributed by atoms with Crippen LogP contribution in [0.25, 0.3) is 5.76 Å². The number of Topliss-reactive ketones (excluding diaryl/α,β-unsaturated/α-hetero) is 2. The van der Waals surface area contributed by atoms with Gasteiger partial charge in [-0.1, -0.05) is 0 Å². The minimum absolute atomic E-state index is 0.0143. The summed E-state index contributed by atoms with van der Waals surface area (Å²) in [6.45, 7) is 1.47. The molecule has 5 nitrogen and oxygen atoms in total. The fraction of sp³-hybridized carbons (Fsp3) is 0.250. The largest absolute Gasteiger partial charge is 0.507 e. The number of carbonyl (C=O) groups excluding carboxylic acids is 2. The minimum atomic E-state index is -0.653. The molecule has 7 heteroatoms. The van der Waals surface area contributed by atoms with E-state index in [1.807, 2.05) is 0 Å². The molecule has 3 rings (SSSR count). The number of fused-ring (bicyclic) bond motifs is 1. The predicted molar refractivity (Wildman–Crippen MR) is 82.9 cm³/mol. The van der Waals surface area contributed by atoms with Gasteiger partial charge in [0.1, 0.15) is 16.6 Å². The third-order valence-electron chi connectivity index (χ3n) is 3.52. The lowest BCUT2D eigenvalue weighted by atomic mass is 9.93. The Hall–Kier alpha value is -2.41. The van der Waals surface area contributed by atoms with Crippen molar-refractivity contribution in [3.63, 3.8) is 0 Å². The highest BCUT2D eigenvalue weighted by molar-refractivity contribution is 7.14. The van der Waals surface area contributed by atoms with Crippen LogP contribution in [0.15, 0.2) is 23.9 Å². The van der Waals surface area contributed by atoms with Gasteiger partial charge in [0, 0.05) is 17.3 Å². The molecule has 2 aromatic rings. The molecule has 2 heterocycles. The van der Waals surface area contributed by atoms with Gasteiger partial charge in [-0.15, -0.1) is 11.3 Å². The van der Waals surface area contributed by atoms with E-state index in [0.717, 1.165) is 6.07 Å². The van der Waals surface area contributed by atoms with Gasteiger partial charge in [0.15, 0.2) is 0 Å². The van der Waals surface area contributed by atoms with E-state index in [1.54, 1.807) is 0 Å². The van der Waals surface area contributed by atoms with Crippen molar-refractivity contribution in [3.8, 4) is 0 Å². The monoisotopic (exact) mass is 332 g/mol. The van der Waals surface area contributed by atoms with Gasteiger partial charge in [-0.3, -0.25) is 9.59 Å². The second-order valence-corrected chi connectivity index (χ2v) is 6.37. The summed E-state index contributed by atoms with van der Waals surface area (Å²) in [5, 5.41) is 10.9. The quantitative estimate of drug-likeness (QED) is 0.531. The summed E-state index contributed by atoms with van der Waals surface area (Å²) >= 11 is 1.19. The molecule has 0 saturated carbocycles. The van der Waals surface area contributed by atoms with Gasteiger partial charge in [0.2, 0.25) is 11.7 Å². The number of pyridine rings is 1. The zero-order chi connectivity index (χ0) is 16.6. The molecule has 1 aliphatic rings. The Bertz CT molecular complexity index is 824. The van der Waals surface area contributed by atoms with Crippen molar-refractivity contribution < 1.29 is 19.1 Å². The molecule has 0 unspecified atom stereocenters. The van der Waals surface area contributed by atoms with E-state index in [0.29, 0.717) is 34.0 Å². The zero-order valence-electron chi connectivity index (χ0n) is 12.3. The average Bonchev–Trinajstić information content (AvgIpc) is 2.90. The number of aromatic nitrogens is 2. The highest BCUT2D eigenvalue weighted by atomic mass is 32.1. The molecule has 0 spiro atoms. The Labute approximate surface area is 135 Å². The van der Waals surface area contributed by atoms with Crippen molar-refractivity contribution in [1.82, 2.24) is 9.97 Å². The topological polar surface area (TPSA) is 80.2 Å². The van der Waals surface area contributed by atoms with Crippen LogP contribution in [0, 0.1) is 5.95 Å².